The molecule has 1 fully saturated rings. The smallest absolute Gasteiger partial charge is 0.344 e. The van der Waals surface area contributed by atoms with Crippen molar-refractivity contribution in [3.8, 4) is 5.75 Å². The van der Waals surface area contributed by atoms with Crippen LogP contribution in [0.5, 0.6) is 5.75 Å². The fraction of sp³-hybridized carbons (Fsp3) is 0.400. The predicted octanol–water partition coefficient (Wildman–Crippen LogP) is 1.97. The molecule has 1 heterocycles. The fourth-order valence-electron chi connectivity index (χ4n) is 2.01. The van der Waals surface area contributed by atoms with Crippen molar-refractivity contribution in [1.29, 1.82) is 0 Å². The molecule has 1 saturated heterocycles. The average Bonchev–Trinajstić information content (AvgIpc) is 2.73. The first-order valence-corrected chi connectivity index (χ1v) is 7.96. The molecule has 0 saturated carbocycles. The van der Waals surface area contributed by atoms with Crippen LogP contribution < -0.4 is 15.5 Å². The highest BCUT2D eigenvalue weighted by Gasteiger charge is 2.47. The van der Waals surface area contributed by atoms with Crippen LogP contribution in [0.3, 0.4) is 0 Å². The highest BCUT2D eigenvalue weighted by molar-refractivity contribution is 9.10. The summed E-state index contributed by atoms with van der Waals surface area (Å²) < 4.78 is 6.24. The van der Waals surface area contributed by atoms with Gasteiger partial charge < -0.3 is 10.1 Å². The molecule has 1 aromatic rings. The summed E-state index contributed by atoms with van der Waals surface area (Å²) in [5.74, 6) is -0.596. The Morgan fingerprint density at radius 3 is 2.65 bits per heavy atom. The lowest BCUT2D eigenvalue weighted by Crippen LogP contribution is -2.51. The third-order valence-corrected chi connectivity index (χ3v) is 4.35. The molecular formula is C15H18BrN3O4. The molecule has 1 aromatic carbocycles. The van der Waals surface area contributed by atoms with E-state index in [1.165, 1.54) is 6.92 Å². The topological polar surface area (TPSA) is 87.7 Å². The molecule has 124 valence electrons. The number of ether oxygens (including phenoxy) is 1. The minimum absolute atomic E-state index is 0.424. The summed E-state index contributed by atoms with van der Waals surface area (Å²) in [6, 6.07) is 6.43. The number of hydrogen-bond donors (Lipinski definition) is 2. The van der Waals surface area contributed by atoms with Crippen LogP contribution >= 0.6 is 15.9 Å². The van der Waals surface area contributed by atoms with Crippen molar-refractivity contribution in [2.24, 2.45) is 0 Å². The summed E-state index contributed by atoms with van der Waals surface area (Å²) in [7, 11) is 0. The Labute approximate surface area is 142 Å². The van der Waals surface area contributed by atoms with Gasteiger partial charge in [0.05, 0.1) is 4.47 Å². The second-order valence-corrected chi connectivity index (χ2v) is 6.28. The number of hydrogen-bond acceptors (Lipinski definition) is 4. The number of carbonyl (C=O) groups is 3. The third-order valence-electron chi connectivity index (χ3n) is 3.70. The van der Waals surface area contributed by atoms with Gasteiger partial charge >= 0.3 is 6.03 Å². The van der Waals surface area contributed by atoms with E-state index in [4.69, 9.17) is 4.74 Å². The number of rotatable bonds is 5. The van der Waals surface area contributed by atoms with Crippen molar-refractivity contribution >= 4 is 33.8 Å². The van der Waals surface area contributed by atoms with Crippen LogP contribution in [0.1, 0.15) is 27.2 Å². The Hall–Kier alpha value is -2.09. The Kier molecular flexibility index (Phi) is 4.93. The van der Waals surface area contributed by atoms with E-state index in [0.29, 0.717) is 21.7 Å². The Morgan fingerprint density at radius 1 is 1.43 bits per heavy atom. The van der Waals surface area contributed by atoms with Crippen molar-refractivity contribution in [2.75, 3.05) is 0 Å². The van der Waals surface area contributed by atoms with E-state index in [9.17, 15) is 14.4 Å². The largest absolute Gasteiger partial charge is 0.480 e. The van der Waals surface area contributed by atoms with Gasteiger partial charge in [-0.1, -0.05) is 19.1 Å². The lowest BCUT2D eigenvalue weighted by Gasteiger charge is -2.21. The van der Waals surface area contributed by atoms with Gasteiger partial charge in [0.15, 0.2) is 6.10 Å². The zero-order chi connectivity index (χ0) is 17.2. The normalized spacial score (nSPS) is 21.8. The summed E-state index contributed by atoms with van der Waals surface area (Å²) in [6.07, 6.45) is -0.463. The van der Waals surface area contributed by atoms with Gasteiger partial charge in [-0.05, 0) is 48.3 Å². The molecule has 1 aliphatic rings. The van der Waals surface area contributed by atoms with Crippen LogP contribution in [0.4, 0.5) is 4.79 Å². The van der Waals surface area contributed by atoms with E-state index >= 15 is 0 Å². The highest BCUT2D eigenvalue weighted by atomic mass is 79.9. The second kappa shape index (κ2) is 6.57. The van der Waals surface area contributed by atoms with Gasteiger partial charge in [0.1, 0.15) is 11.3 Å². The number of hydrazine groups is 1. The maximum absolute atomic E-state index is 12.2. The maximum Gasteiger partial charge on any atom is 0.344 e. The number of nitrogens with zero attached hydrogens (tertiary/aromatic N) is 1. The van der Waals surface area contributed by atoms with Gasteiger partial charge in [0, 0.05) is 0 Å². The molecule has 8 heteroatoms. The lowest BCUT2D eigenvalue weighted by atomic mass is 10.00. The van der Waals surface area contributed by atoms with E-state index in [0.717, 1.165) is 0 Å². The molecule has 4 amide bonds. The first-order valence-electron chi connectivity index (χ1n) is 7.17. The van der Waals surface area contributed by atoms with E-state index in [1.807, 2.05) is 6.07 Å². The van der Waals surface area contributed by atoms with E-state index < -0.39 is 29.5 Å². The molecular weight excluding hydrogens is 366 g/mol. The monoisotopic (exact) mass is 383 g/mol. The molecule has 0 aromatic heterocycles. The van der Waals surface area contributed by atoms with Gasteiger partial charge in [-0.2, -0.15) is 5.01 Å². The summed E-state index contributed by atoms with van der Waals surface area (Å²) in [5, 5.41) is 3.26. The molecule has 23 heavy (non-hydrogen) atoms. The number of imide groups is 1. The average molecular weight is 384 g/mol. The fourth-order valence-corrected chi connectivity index (χ4v) is 2.39. The van der Waals surface area contributed by atoms with Crippen LogP contribution in [0.2, 0.25) is 0 Å². The number of halogens is 1. The zero-order valence-corrected chi connectivity index (χ0v) is 14.6. The van der Waals surface area contributed by atoms with E-state index in [2.05, 4.69) is 26.7 Å². The number of amides is 4. The number of benzene rings is 1. The van der Waals surface area contributed by atoms with Gasteiger partial charge in [-0.25, -0.2) is 4.79 Å². The Morgan fingerprint density at radius 2 is 2.09 bits per heavy atom. The minimum atomic E-state index is -1.00. The van der Waals surface area contributed by atoms with Crippen LogP contribution in [0.25, 0.3) is 0 Å². The summed E-state index contributed by atoms with van der Waals surface area (Å²) in [6.45, 7) is 4.93. The van der Waals surface area contributed by atoms with Crippen LogP contribution in [-0.2, 0) is 9.59 Å². The molecule has 0 spiro atoms. The molecule has 1 aliphatic heterocycles. The van der Waals surface area contributed by atoms with Crippen molar-refractivity contribution in [3.05, 3.63) is 28.7 Å². The molecule has 2 rings (SSSR count). The Balaban J connectivity index is 2.03. The predicted molar refractivity (Wildman–Crippen MR) is 86.4 cm³/mol. The standard InChI is InChI=1S/C15H18BrN3O4/c1-4-15(3)13(21)19(14(22)17-15)18-12(20)9(2)23-11-8-6-5-7-10(11)16/h5-9H,4H2,1-3H3,(H,17,22)(H,18,20). The first kappa shape index (κ1) is 17.3. The quantitative estimate of drug-likeness (QED) is 0.760. The molecule has 0 aliphatic carbocycles. The van der Waals surface area contributed by atoms with Gasteiger partial charge in [-0.15, -0.1) is 0 Å². The zero-order valence-electron chi connectivity index (χ0n) is 13.1. The SMILES string of the molecule is CCC1(C)NC(=O)N(NC(=O)C(C)Oc2ccccc2Br)C1=O. The van der Waals surface area contributed by atoms with Gasteiger partial charge in [0.25, 0.3) is 11.8 Å². The summed E-state index contributed by atoms with van der Waals surface area (Å²) >= 11 is 3.32. The molecule has 0 bridgehead atoms. The molecule has 2 N–H and O–H groups in total. The summed E-state index contributed by atoms with van der Waals surface area (Å²) in [4.78, 5) is 36.3. The third kappa shape index (κ3) is 3.47. The van der Waals surface area contributed by atoms with Crippen LogP contribution in [0, 0.1) is 0 Å². The van der Waals surface area contributed by atoms with Crippen molar-refractivity contribution in [2.45, 2.75) is 38.8 Å². The van der Waals surface area contributed by atoms with Gasteiger partial charge in [0.2, 0.25) is 0 Å². The van der Waals surface area contributed by atoms with Crippen LogP contribution in [-0.4, -0.2) is 34.5 Å². The highest BCUT2D eigenvalue weighted by Crippen LogP contribution is 2.25. The van der Waals surface area contributed by atoms with E-state index in [-0.39, 0.29) is 0 Å². The molecule has 0 radical (unpaired) electrons. The number of para-hydroxylation sites is 1. The Bertz CT molecular complexity index is 651. The maximum atomic E-state index is 12.2. The van der Waals surface area contributed by atoms with Crippen molar-refractivity contribution < 1.29 is 19.1 Å². The van der Waals surface area contributed by atoms with Crippen molar-refractivity contribution in [3.63, 3.8) is 0 Å². The van der Waals surface area contributed by atoms with Crippen molar-refractivity contribution in [1.82, 2.24) is 15.8 Å². The minimum Gasteiger partial charge on any atom is -0.480 e. The lowest BCUT2D eigenvalue weighted by molar-refractivity contribution is -0.141. The molecule has 2 atom stereocenters. The van der Waals surface area contributed by atoms with E-state index in [1.54, 1.807) is 32.0 Å². The number of nitrogens with one attached hydrogen (secondary N) is 2. The molecule has 2 unspecified atom stereocenters. The number of urea groups is 1. The number of carbonyl (C=O) groups excluding carboxylic acids is 3. The second-order valence-electron chi connectivity index (χ2n) is 5.42. The first-order chi connectivity index (χ1) is 10.8. The van der Waals surface area contributed by atoms with Crippen LogP contribution in [0.15, 0.2) is 28.7 Å². The summed E-state index contributed by atoms with van der Waals surface area (Å²) in [5.41, 5.74) is 1.30. The van der Waals surface area contributed by atoms with Gasteiger partial charge in [-0.3, -0.25) is 15.0 Å². The molecule has 7 nitrogen and oxygen atoms in total.